The Labute approximate surface area is 185 Å². The summed E-state index contributed by atoms with van der Waals surface area (Å²) in [5.74, 6) is 2.06. The van der Waals surface area contributed by atoms with Gasteiger partial charge in [0.15, 0.2) is 5.82 Å². The van der Waals surface area contributed by atoms with E-state index in [4.69, 9.17) is 9.26 Å². The highest BCUT2D eigenvalue weighted by Crippen LogP contribution is 2.29. The molecule has 6 nitrogen and oxygen atoms in total. The van der Waals surface area contributed by atoms with Gasteiger partial charge in [-0.15, -0.1) is 0 Å². The number of hydrogen-bond donors (Lipinski definition) is 1. The molecular formula is C25H23FN4O2. The van der Waals surface area contributed by atoms with E-state index in [1.807, 2.05) is 36.4 Å². The Morgan fingerprint density at radius 2 is 1.97 bits per heavy atom. The molecule has 0 bridgehead atoms. The molecule has 32 heavy (non-hydrogen) atoms. The quantitative estimate of drug-likeness (QED) is 0.441. The van der Waals surface area contributed by atoms with Crippen LogP contribution in [0.5, 0.6) is 5.75 Å². The summed E-state index contributed by atoms with van der Waals surface area (Å²) in [5, 5.41) is 7.34. The molecule has 1 aliphatic heterocycles. The number of hydrogen-bond acceptors (Lipinski definition) is 6. The highest BCUT2D eigenvalue weighted by atomic mass is 19.1. The average molecular weight is 430 g/mol. The first-order valence-electron chi connectivity index (χ1n) is 10.6. The maximum Gasteiger partial charge on any atom is 0.178 e. The Balaban J connectivity index is 1.20. The molecule has 1 N–H and O–H groups in total. The zero-order chi connectivity index (χ0) is 21.8. The van der Waals surface area contributed by atoms with Gasteiger partial charge in [-0.1, -0.05) is 29.4 Å². The number of nitrogens with zero attached hydrogens (tertiary/aromatic N) is 3. The van der Waals surface area contributed by atoms with Crippen LogP contribution in [0.15, 0.2) is 77.4 Å². The van der Waals surface area contributed by atoms with E-state index in [0.29, 0.717) is 24.7 Å². The summed E-state index contributed by atoms with van der Waals surface area (Å²) in [6.45, 7) is 2.86. The van der Waals surface area contributed by atoms with Crippen molar-refractivity contribution in [3.8, 4) is 5.75 Å². The summed E-state index contributed by atoms with van der Waals surface area (Å²) < 4.78 is 24.8. The Morgan fingerprint density at radius 1 is 1.06 bits per heavy atom. The highest BCUT2D eigenvalue weighted by molar-refractivity contribution is 5.60. The molecule has 7 heteroatoms. The van der Waals surface area contributed by atoms with Crippen LogP contribution in [-0.2, 0) is 26.1 Å². The van der Waals surface area contributed by atoms with E-state index >= 15 is 0 Å². The molecule has 162 valence electrons. The number of benzene rings is 2. The molecule has 0 fully saturated rings. The molecule has 4 aromatic rings. The Hall–Kier alpha value is -3.71. The normalized spacial score (nSPS) is 13.5. The van der Waals surface area contributed by atoms with Crippen molar-refractivity contribution in [3.63, 3.8) is 0 Å². The molecule has 2 aromatic carbocycles. The number of ether oxygens (including phenoxy) is 1. The first kappa shape index (κ1) is 20.2. The number of pyridine rings is 1. The summed E-state index contributed by atoms with van der Waals surface area (Å²) in [4.78, 5) is 6.62. The number of aromatic nitrogens is 2. The maximum absolute atomic E-state index is 13.5. The largest absolute Gasteiger partial charge is 0.487 e. The fraction of sp³-hybridized carbons (Fsp3) is 0.200. The van der Waals surface area contributed by atoms with Crippen molar-refractivity contribution < 1.29 is 13.7 Å². The summed E-state index contributed by atoms with van der Waals surface area (Å²) in [6, 6.07) is 20.3. The molecule has 0 spiro atoms. The summed E-state index contributed by atoms with van der Waals surface area (Å²) >= 11 is 0. The van der Waals surface area contributed by atoms with Crippen LogP contribution in [0.4, 0.5) is 15.9 Å². The molecule has 0 radical (unpaired) electrons. The Kier molecular flexibility index (Phi) is 5.81. The van der Waals surface area contributed by atoms with Crippen LogP contribution in [0.2, 0.25) is 0 Å². The molecule has 0 amide bonds. The smallest absolute Gasteiger partial charge is 0.178 e. The van der Waals surface area contributed by atoms with Gasteiger partial charge in [0.2, 0.25) is 0 Å². The predicted molar refractivity (Wildman–Crippen MR) is 119 cm³/mol. The lowest BCUT2D eigenvalue weighted by molar-refractivity contribution is 0.228. The van der Waals surface area contributed by atoms with E-state index in [0.717, 1.165) is 42.3 Å². The number of halogens is 1. The Bertz CT molecular complexity index is 1180. The Morgan fingerprint density at radius 3 is 2.78 bits per heavy atom. The number of fused-ring (bicyclic) bond motifs is 1. The number of nitrogens with one attached hydrogen (secondary N) is 1. The standard InChI is InChI=1S/C25H23FN4O2/c26-19-4-3-6-20(14-19)28-25-23-16-30(13-11-24(23)32-29-25)15-18-7-9-22(10-8-18)31-17-21-5-1-2-12-27-21/h1-10,12,14H,11,13,15-17H2,(H,28,29). The van der Waals surface area contributed by atoms with Crippen LogP contribution in [0.1, 0.15) is 22.6 Å². The average Bonchev–Trinajstić information content (AvgIpc) is 3.21. The summed E-state index contributed by atoms with van der Waals surface area (Å²) in [5.41, 5.74) is 3.78. The zero-order valence-electron chi connectivity index (χ0n) is 17.5. The van der Waals surface area contributed by atoms with E-state index in [1.165, 1.54) is 17.7 Å². The van der Waals surface area contributed by atoms with E-state index in [9.17, 15) is 4.39 Å². The van der Waals surface area contributed by atoms with Crippen molar-refractivity contribution in [3.05, 3.63) is 101 Å². The second-order valence-corrected chi connectivity index (χ2v) is 7.78. The van der Waals surface area contributed by atoms with Crippen LogP contribution in [0.3, 0.4) is 0 Å². The fourth-order valence-corrected chi connectivity index (χ4v) is 3.79. The van der Waals surface area contributed by atoms with E-state index in [2.05, 4.69) is 32.5 Å². The molecule has 0 aliphatic carbocycles. The molecule has 2 aromatic heterocycles. The van der Waals surface area contributed by atoms with Crippen molar-refractivity contribution in [2.45, 2.75) is 26.1 Å². The van der Waals surface area contributed by atoms with E-state index in [1.54, 1.807) is 12.3 Å². The van der Waals surface area contributed by atoms with Gasteiger partial charge < -0.3 is 14.6 Å². The SMILES string of the molecule is Fc1cccc(Nc2noc3c2CN(Cc2ccc(OCc4ccccn4)cc2)CC3)c1. The first-order chi connectivity index (χ1) is 15.7. The van der Waals surface area contributed by atoms with Crippen molar-refractivity contribution >= 4 is 11.5 Å². The fourth-order valence-electron chi connectivity index (χ4n) is 3.79. The molecule has 0 unspecified atom stereocenters. The van der Waals surface area contributed by atoms with Crippen LogP contribution in [0, 0.1) is 5.82 Å². The van der Waals surface area contributed by atoms with Gasteiger partial charge in [-0.3, -0.25) is 9.88 Å². The summed E-state index contributed by atoms with van der Waals surface area (Å²) in [6.07, 6.45) is 2.55. The minimum Gasteiger partial charge on any atom is -0.487 e. The topological polar surface area (TPSA) is 63.4 Å². The minimum atomic E-state index is -0.290. The zero-order valence-corrected chi connectivity index (χ0v) is 17.5. The van der Waals surface area contributed by atoms with Gasteiger partial charge >= 0.3 is 0 Å². The number of rotatable bonds is 7. The number of anilines is 2. The monoisotopic (exact) mass is 430 g/mol. The van der Waals surface area contributed by atoms with Crippen LogP contribution < -0.4 is 10.1 Å². The molecule has 0 saturated carbocycles. The third-order valence-corrected chi connectivity index (χ3v) is 5.44. The second kappa shape index (κ2) is 9.20. The van der Waals surface area contributed by atoms with Gasteiger partial charge in [0.25, 0.3) is 0 Å². The molecule has 5 rings (SSSR count). The third kappa shape index (κ3) is 4.78. The van der Waals surface area contributed by atoms with Gasteiger partial charge in [0.05, 0.1) is 11.3 Å². The minimum absolute atomic E-state index is 0.290. The van der Waals surface area contributed by atoms with Gasteiger partial charge in [-0.25, -0.2) is 4.39 Å². The van der Waals surface area contributed by atoms with Gasteiger partial charge in [0.1, 0.15) is 23.9 Å². The van der Waals surface area contributed by atoms with Crippen LogP contribution >= 0.6 is 0 Å². The maximum atomic E-state index is 13.5. The lowest BCUT2D eigenvalue weighted by Gasteiger charge is -2.26. The van der Waals surface area contributed by atoms with Crippen molar-refractivity contribution in [2.75, 3.05) is 11.9 Å². The van der Waals surface area contributed by atoms with Gasteiger partial charge in [0, 0.05) is 37.9 Å². The van der Waals surface area contributed by atoms with Crippen molar-refractivity contribution in [2.24, 2.45) is 0 Å². The van der Waals surface area contributed by atoms with Gasteiger partial charge in [-0.2, -0.15) is 0 Å². The second-order valence-electron chi connectivity index (χ2n) is 7.78. The van der Waals surface area contributed by atoms with Gasteiger partial charge in [-0.05, 0) is 48.0 Å². The molecule has 3 heterocycles. The van der Waals surface area contributed by atoms with Crippen molar-refractivity contribution in [1.82, 2.24) is 15.0 Å². The predicted octanol–water partition coefficient (Wildman–Crippen LogP) is 5.09. The lowest BCUT2D eigenvalue weighted by Crippen LogP contribution is -2.29. The van der Waals surface area contributed by atoms with Crippen LogP contribution in [0.25, 0.3) is 0 Å². The molecule has 0 saturated heterocycles. The first-order valence-corrected chi connectivity index (χ1v) is 10.6. The van der Waals surface area contributed by atoms with Crippen LogP contribution in [-0.4, -0.2) is 21.6 Å². The van der Waals surface area contributed by atoms with Crippen molar-refractivity contribution in [1.29, 1.82) is 0 Å². The molecular weight excluding hydrogens is 407 g/mol. The molecule has 0 atom stereocenters. The molecule has 1 aliphatic rings. The van der Waals surface area contributed by atoms with E-state index < -0.39 is 0 Å². The summed E-state index contributed by atoms with van der Waals surface area (Å²) in [7, 11) is 0. The highest BCUT2D eigenvalue weighted by Gasteiger charge is 2.24. The third-order valence-electron chi connectivity index (χ3n) is 5.44. The van der Waals surface area contributed by atoms with E-state index in [-0.39, 0.29) is 5.82 Å². The lowest BCUT2D eigenvalue weighted by atomic mass is 10.1.